The Bertz CT molecular complexity index is 583. The SMILES string of the molecule is COc1csc(C(N)Cc2ccccc2[N+](=O)[O-])c1. The number of thiophene rings is 1. The number of nitrogens with two attached hydrogens (primary N) is 1. The number of nitrogens with zero attached hydrogens (tertiary/aromatic N) is 1. The zero-order chi connectivity index (χ0) is 13.8. The van der Waals surface area contributed by atoms with Crippen molar-refractivity contribution in [3.05, 3.63) is 56.3 Å². The maximum absolute atomic E-state index is 10.9. The predicted octanol–water partition coefficient (Wildman–Crippen LogP) is 2.91. The van der Waals surface area contributed by atoms with E-state index >= 15 is 0 Å². The van der Waals surface area contributed by atoms with Gasteiger partial charge in [0.2, 0.25) is 0 Å². The Morgan fingerprint density at radius 1 is 1.47 bits per heavy atom. The largest absolute Gasteiger partial charge is 0.496 e. The molecular weight excluding hydrogens is 264 g/mol. The molecule has 2 rings (SSSR count). The molecule has 1 heterocycles. The van der Waals surface area contributed by atoms with Crippen molar-refractivity contribution in [2.75, 3.05) is 7.11 Å². The summed E-state index contributed by atoms with van der Waals surface area (Å²) in [6, 6.07) is 8.27. The molecule has 1 aromatic heterocycles. The highest BCUT2D eigenvalue weighted by molar-refractivity contribution is 7.10. The average Bonchev–Trinajstić information content (AvgIpc) is 2.88. The third kappa shape index (κ3) is 3.10. The molecule has 2 N–H and O–H groups in total. The third-order valence-corrected chi connectivity index (χ3v) is 3.87. The Hall–Kier alpha value is -1.92. The van der Waals surface area contributed by atoms with Crippen LogP contribution in [0, 0.1) is 10.1 Å². The first-order chi connectivity index (χ1) is 9.11. The lowest BCUT2D eigenvalue weighted by Crippen LogP contribution is -2.12. The van der Waals surface area contributed by atoms with Gasteiger partial charge in [-0.05, 0) is 12.5 Å². The number of nitro groups is 1. The molecule has 1 atom stereocenters. The molecule has 0 amide bonds. The minimum Gasteiger partial charge on any atom is -0.496 e. The molecule has 0 saturated carbocycles. The number of ether oxygens (including phenoxy) is 1. The summed E-state index contributed by atoms with van der Waals surface area (Å²) in [5, 5.41) is 12.8. The second-order valence-electron chi connectivity index (χ2n) is 4.09. The molecule has 0 aliphatic carbocycles. The number of hydrogen-bond donors (Lipinski definition) is 1. The highest BCUT2D eigenvalue weighted by Crippen LogP contribution is 2.29. The lowest BCUT2D eigenvalue weighted by Gasteiger charge is -2.09. The van der Waals surface area contributed by atoms with E-state index in [-0.39, 0.29) is 16.7 Å². The molecule has 1 aromatic carbocycles. The summed E-state index contributed by atoms with van der Waals surface area (Å²) in [5.74, 6) is 0.762. The van der Waals surface area contributed by atoms with Crippen LogP contribution in [-0.4, -0.2) is 12.0 Å². The average molecular weight is 278 g/mol. The Morgan fingerprint density at radius 3 is 2.84 bits per heavy atom. The normalized spacial score (nSPS) is 12.1. The van der Waals surface area contributed by atoms with Gasteiger partial charge in [0.05, 0.1) is 12.0 Å². The van der Waals surface area contributed by atoms with Crippen LogP contribution in [0.5, 0.6) is 5.75 Å². The molecule has 0 bridgehead atoms. The molecule has 100 valence electrons. The first kappa shape index (κ1) is 13.5. The summed E-state index contributed by atoms with van der Waals surface area (Å²) in [6.07, 6.45) is 0.431. The molecule has 19 heavy (non-hydrogen) atoms. The van der Waals surface area contributed by atoms with Gasteiger partial charge in [-0.2, -0.15) is 0 Å². The molecular formula is C13H14N2O3S. The summed E-state index contributed by atoms with van der Waals surface area (Å²) in [4.78, 5) is 11.5. The minimum absolute atomic E-state index is 0.112. The van der Waals surface area contributed by atoms with Gasteiger partial charge in [0.1, 0.15) is 5.75 Å². The fourth-order valence-electron chi connectivity index (χ4n) is 1.83. The molecule has 0 fully saturated rings. The predicted molar refractivity (Wildman–Crippen MR) is 74.6 cm³/mol. The summed E-state index contributed by atoms with van der Waals surface area (Å²) >= 11 is 1.50. The van der Waals surface area contributed by atoms with Crippen LogP contribution in [0.25, 0.3) is 0 Å². The quantitative estimate of drug-likeness (QED) is 0.673. The summed E-state index contributed by atoms with van der Waals surface area (Å²) in [7, 11) is 1.60. The molecule has 5 nitrogen and oxygen atoms in total. The van der Waals surface area contributed by atoms with E-state index in [1.54, 1.807) is 25.3 Å². The third-order valence-electron chi connectivity index (χ3n) is 2.82. The molecule has 0 spiro atoms. The highest BCUT2D eigenvalue weighted by atomic mass is 32.1. The topological polar surface area (TPSA) is 78.4 Å². The zero-order valence-electron chi connectivity index (χ0n) is 10.4. The summed E-state index contributed by atoms with van der Waals surface area (Å²) in [6.45, 7) is 0. The number of nitro benzene ring substituents is 1. The van der Waals surface area contributed by atoms with E-state index < -0.39 is 0 Å². The van der Waals surface area contributed by atoms with E-state index in [9.17, 15) is 10.1 Å². The standard InChI is InChI=1S/C13H14N2O3S/c1-18-10-7-13(19-8-10)11(14)6-9-4-2-3-5-12(9)15(16)17/h2-5,7-8,11H,6,14H2,1H3. The second kappa shape index (κ2) is 5.81. The van der Waals surface area contributed by atoms with Crippen LogP contribution < -0.4 is 10.5 Å². The maximum Gasteiger partial charge on any atom is 0.272 e. The van der Waals surface area contributed by atoms with Gasteiger partial charge in [-0.25, -0.2) is 0 Å². The molecule has 2 aromatic rings. The van der Waals surface area contributed by atoms with Gasteiger partial charge in [-0.3, -0.25) is 10.1 Å². The second-order valence-corrected chi connectivity index (χ2v) is 5.03. The van der Waals surface area contributed by atoms with Gasteiger partial charge < -0.3 is 10.5 Å². The number of hydrogen-bond acceptors (Lipinski definition) is 5. The highest BCUT2D eigenvalue weighted by Gasteiger charge is 2.17. The van der Waals surface area contributed by atoms with Gasteiger partial charge >= 0.3 is 0 Å². The smallest absolute Gasteiger partial charge is 0.272 e. The van der Waals surface area contributed by atoms with Crippen LogP contribution in [0.3, 0.4) is 0 Å². The molecule has 0 aliphatic rings. The van der Waals surface area contributed by atoms with Crippen molar-refractivity contribution in [1.82, 2.24) is 0 Å². The van der Waals surface area contributed by atoms with Crippen molar-refractivity contribution in [3.63, 3.8) is 0 Å². The summed E-state index contributed by atoms with van der Waals surface area (Å²) in [5.41, 5.74) is 6.85. The van der Waals surface area contributed by atoms with Crippen LogP contribution in [0.1, 0.15) is 16.5 Å². The van der Waals surface area contributed by atoms with Crippen LogP contribution in [0.15, 0.2) is 35.7 Å². The lowest BCUT2D eigenvalue weighted by molar-refractivity contribution is -0.385. The van der Waals surface area contributed by atoms with E-state index in [2.05, 4.69) is 0 Å². The van der Waals surface area contributed by atoms with Gasteiger partial charge in [-0.1, -0.05) is 18.2 Å². The first-order valence-electron chi connectivity index (χ1n) is 5.72. The molecule has 0 saturated heterocycles. The first-order valence-corrected chi connectivity index (χ1v) is 6.60. The Labute approximate surface area is 114 Å². The van der Waals surface area contributed by atoms with E-state index in [0.717, 1.165) is 10.6 Å². The summed E-state index contributed by atoms with van der Waals surface area (Å²) < 4.78 is 5.10. The fraction of sp³-hybridized carbons (Fsp3) is 0.231. The Balaban J connectivity index is 2.19. The Kier molecular flexibility index (Phi) is 4.13. The maximum atomic E-state index is 10.9. The van der Waals surface area contributed by atoms with Crippen LogP contribution >= 0.6 is 11.3 Å². The van der Waals surface area contributed by atoms with E-state index in [0.29, 0.717) is 12.0 Å². The van der Waals surface area contributed by atoms with Crippen LogP contribution in [0.4, 0.5) is 5.69 Å². The van der Waals surface area contributed by atoms with E-state index in [4.69, 9.17) is 10.5 Å². The lowest BCUT2D eigenvalue weighted by atomic mass is 10.0. The van der Waals surface area contributed by atoms with Crippen molar-refractivity contribution >= 4 is 17.0 Å². The monoisotopic (exact) mass is 278 g/mol. The van der Waals surface area contributed by atoms with Gasteiger partial charge in [0, 0.05) is 27.9 Å². The van der Waals surface area contributed by atoms with Crippen molar-refractivity contribution in [3.8, 4) is 5.75 Å². The molecule has 6 heteroatoms. The molecule has 0 aliphatic heterocycles. The Morgan fingerprint density at radius 2 is 2.21 bits per heavy atom. The number of methoxy groups -OCH3 is 1. The van der Waals surface area contributed by atoms with Crippen molar-refractivity contribution < 1.29 is 9.66 Å². The van der Waals surface area contributed by atoms with Gasteiger partial charge in [0.15, 0.2) is 0 Å². The van der Waals surface area contributed by atoms with Crippen molar-refractivity contribution in [1.29, 1.82) is 0 Å². The van der Waals surface area contributed by atoms with Gasteiger partial charge in [0.25, 0.3) is 5.69 Å². The number of benzene rings is 1. The van der Waals surface area contributed by atoms with E-state index in [1.807, 2.05) is 11.4 Å². The number of rotatable bonds is 5. The minimum atomic E-state index is -0.378. The molecule has 1 unspecified atom stereocenters. The zero-order valence-corrected chi connectivity index (χ0v) is 11.2. The molecule has 0 radical (unpaired) electrons. The van der Waals surface area contributed by atoms with E-state index in [1.165, 1.54) is 17.4 Å². The van der Waals surface area contributed by atoms with Crippen LogP contribution in [-0.2, 0) is 6.42 Å². The van der Waals surface area contributed by atoms with Crippen LogP contribution in [0.2, 0.25) is 0 Å². The van der Waals surface area contributed by atoms with Crippen molar-refractivity contribution in [2.24, 2.45) is 5.73 Å². The van der Waals surface area contributed by atoms with Gasteiger partial charge in [-0.15, -0.1) is 11.3 Å². The number of para-hydroxylation sites is 1. The fourth-order valence-corrected chi connectivity index (χ4v) is 2.69. The van der Waals surface area contributed by atoms with Crippen molar-refractivity contribution in [2.45, 2.75) is 12.5 Å².